The summed E-state index contributed by atoms with van der Waals surface area (Å²) in [5.74, 6) is 1.01. The highest BCUT2D eigenvalue weighted by molar-refractivity contribution is 7.99. The summed E-state index contributed by atoms with van der Waals surface area (Å²) in [6, 6.07) is 5.68. The fourth-order valence-corrected chi connectivity index (χ4v) is 3.22. The second-order valence-corrected chi connectivity index (χ2v) is 7.69. The van der Waals surface area contributed by atoms with E-state index in [1.807, 2.05) is 0 Å². The van der Waals surface area contributed by atoms with Gasteiger partial charge in [-0.3, -0.25) is 4.79 Å². The smallest absolute Gasteiger partial charge is 0.251 e. The molecule has 9 heteroatoms. The molecular weight excluding hydrogens is 379 g/mol. The number of amides is 1. The van der Waals surface area contributed by atoms with Crippen molar-refractivity contribution in [1.29, 1.82) is 0 Å². The molecule has 0 aliphatic carbocycles. The summed E-state index contributed by atoms with van der Waals surface area (Å²) in [6.45, 7) is 6.99. The van der Waals surface area contributed by atoms with Crippen molar-refractivity contribution in [3.05, 3.63) is 41.8 Å². The van der Waals surface area contributed by atoms with Crippen molar-refractivity contribution in [3.8, 4) is 0 Å². The molecule has 0 aliphatic rings. The summed E-state index contributed by atoms with van der Waals surface area (Å²) in [5, 5.41) is 12.1. The quantitative estimate of drug-likeness (QED) is 0.444. The number of aromatic nitrogens is 4. The topological polar surface area (TPSA) is 84.7 Å². The number of rotatable bonds is 8. The van der Waals surface area contributed by atoms with Gasteiger partial charge in [0.15, 0.2) is 10.8 Å². The van der Waals surface area contributed by atoms with Gasteiger partial charge in [-0.15, -0.1) is 0 Å². The maximum absolute atomic E-state index is 13.0. The summed E-state index contributed by atoms with van der Waals surface area (Å²) in [6.07, 6.45) is 1.74. The van der Waals surface area contributed by atoms with E-state index >= 15 is 0 Å². The molecular formula is C19H23FN6OS. The molecule has 1 amide bonds. The molecule has 148 valence electrons. The average molecular weight is 402 g/mol. The van der Waals surface area contributed by atoms with E-state index in [0.29, 0.717) is 23.8 Å². The first-order valence-electron chi connectivity index (χ1n) is 9.14. The number of carbonyl (C=O) groups is 1. The minimum absolute atomic E-state index is 0.232. The summed E-state index contributed by atoms with van der Waals surface area (Å²) in [5.41, 5.74) is 1.14. The lowest BCUT2D eigenvalue weighted by atomic mass is 10.2. The van der Waals surface area contributed by atoms with Crippen molar-refractivity contribution in [3.63, 3.8) is 0 Å². The van der Waals surface area contributed by atoms with Crippen LogP contribution in [-0.2, 0) is 6.54 Å². The van der Waals surface area contributed by atoms with Crippen molar-refractivity contribution in [2.45, 2.75) is 38.5 Å². The number of hydrogen-bond donors (Lipinski definition) is 2. The van der Waals surface area contributed by atoms with E-state index < -0.39 is 0 Å². The lowest BCUT2D eigenvalue weighted by Crippen LogP contribution is -2.27. The second kappa shape index (κ2) is 9.01. The van der Waals surface area contributed by atoms with Gasteiger partial charge in [0, 0.05) is 18.2 Å². The van der Waals surface area contributed by atoms with Gasteiger partial charge in [-0.1, -0.05) is 18.7 Å². The molecule has 3 rings (SSSR count). The molecule has 2 aromatic heterocycles. The molecule has 2 N–H and O–H groups in total. The van der Waals surface area contributed by atoms with Crippen LogP contribution in [0, 0.1) is 5.82 Å². The van der Waals surface area contributed by atoms with Gasteiger partial charge in [0.1, 0.15) is 11.6 Å². The van der Waals surface area contributed by atoms with E-state index in [0.717, 1.165) is 22.6 Å². The highest BCUT2D eigenvalue weighted by atomic mass is 32.2. The number of benzene rings is 1. The average Bonchev–Trinajstić information content (AvgIpc) is 3.05. The molecule has 0 unspecified atom stereocenters. The molecule has 0 saturated heterocycles. The normalized spacial score (nSPS) is 11.2. The van der Waals surface area contributed by atoms with Gasteiger partial charge >= 0.3 is 0 Å². The summed E-state index contributed by atoms with van der Waals surface area (Å²) >= 11 is 1.57. The van der Waals surface area contributed by atoms with Gasteiger partial charge in [-0.25, -0.2) is 19.0 Å². The lowest BCUT2D eigenvalue weighted by Gasteiger charge is -2.11. The Balaban J connectivity index is 1.74. The van der Waals surface area contributed by atoms with Crippen LogP contribution in [0.4, 0.5) is 10.2 Å². The van der Waals surface area contributed by atoms with Gasteiger partial charge in [0.25, 0.3) is 5.91 Å². The zero-order chi connectivity index (χ0) is 20.1. The van der Waals surface area contributed by atoms with E-state index in [-0.39, 0.29) is 17.8 Å². The lowest BCUT2D eigenvalue weighted by molar-refractivity contribution is 0.0952. The Hall–Kier alpha value is -2.68. The Labute approximate surface area is 167 Å². The first kappa shape index (κ1) is 20.1. The van der Waals surface area contributed by atoms with E-state index in [2.05, 4.69) is 46.5 Å². The zero-order valence-corrected chi connectivity index (χ0v) is 16.9. The molecule has 0 fully saturated rings. The maximum atomic E-state index is 13.0. The number of hydrogen-bond acceptors (Lipinski definition) is 6. The zero-order valence-electron chi connectivity index (χ0n) is 16.1. The van der Waals surface area contributed by atoms with Crippen molar-refractivity contribution in [2.75, 3.05) is 17.6 Å². The Morgan fingerprint density at radius 2 is 2.00 bits per heavy atom. The van der Waals surface area contributed by atoms with Crippen molar-refractivity contribution in [2.24, 2.45) is 0 Å². The number of fused-ring (bicyclic) bond motifs is 1. The van der Waals surface area contributed by atoms with Crippen LogP contribution in [0.1, 0.15) is 31.1 Å². The van der Waals surface area contributed by atoms with Gasteiger partial charge in [-0.2, -0.15) is 5.10 Å². The molecule has 0 saturated carbocycles. The molecule has 0 aliphatic heterocycles. The van der Waals surface area contributed by atoms with Crippen LogP contribution >= 0.6 is 11.8 Å². The molecule has 1 aromatic carbocycles. The van der Waals surface area contributed by atoms with Crippen LogP contribution in [0.25, 0.3) is 11.0 Å². The van der Waals surface area contributed by atoms with Crippen LogP contribution in [0.3, 0.4) is 0 Å². The van der Waals surface area contributed by atoms with Crippen LogP contribution < -0.4 is 10.6 Å². The first-order valence-corrected chi connectivity index (χ1v) is 10.1. The Morgan fingerprint density at radius 1 is 1.25 bits per heavy atom. The van der Waals surface area contributed by atoms with E-state index in [4.69, 9.17) is 0 Å². The SMILES string of the molecule is CCSc1nc(NC(C)C)c2cnn(CCNC(=O)c3ccc(F)cc3)c2n1. The molecule has 0 bridgehead atoms. The predicted octanol–water partition coefficient (Wildman–Crippen LogP) is 3.33. The van der Waals surface area contributed by atoms with Crippen LogP contribution in [0.5, 0.6) is 0 Å². The summed E-state index contributed by atoms with van der Waals surface area (Å²) < 4.78 is 14.7. The monoisotopic (exact) mass is 402 g/mol. The molecule has 2 heterocycles. The van der Waals surface area contributed by atoms with E-state index in [1.165, 1.54) is 24.3 Å². The Bertz CT molecular complexity index is 957. The van der Waals surface area contributed by atoms with Crippen molar-refractivity contribution < 1.29 is 9.18 Å². The predicted molar refractivity (Wildman–Crippen MR) is 109 cm³/mol. The molecule has 0 radical (unpaired) electrons. The third kappa shape index (κ3) is 4.78. The minimum atomic E-state index is -0.370. The minimum Gasteiger partial charge on any atom is -0.367 e. The third-order valence-corrected chi connectivity index (χ3v) is 4.62. The number of halogens is 1. The Morgan fingerprint density at radius 3 is 2.68 bits per heavy atom. The standard InChI is InChI=1S/C19H23FN6OS/c1-4-28-19-24-16(23-12(2)3)15-11-22-26(17(15)25-19)10-9-21-18(27)13-5-7-14(20)8-6-13/h5-8,11-12H,4,9-10H2,1-3H3,(H,21,27)(H,23,24,25). The molecule has 0 spiro atoms. The van der Waals surface area contributed by atoms with Crippen molar-refractivity contribution >= 4 is 34.5 Å². The highest BCUT2D eigenvalue weighted by Crippen LogP contribution is 2.24. The fourth-order valence-electron chi connectivity index (χ4n) is 2.65. The fraction of sp³-hybridized carbons (Fsp3) is 0.368. The van der Waals surface area contributed by atoms with Crippen LogP contribution in [0.2, 0.25) is 0 Å². The first-order chi connectivity index (χ1) is 13.5. The number of thioether (sulfide) groups is 1. The number of nitrogens with zero attached hydrogens (tertiary/aromatic N) is 4. The number of carbonyl (C=O) groups excluding carboxylic acids is 1. The van der Waals surface area contributed by atoms with Gasteiger partial charge < -0.3 is 10.6 Å². The number of nitrogens with one attached hydrogen (secondary N) is 2. The van der Waals surface area contributed by atoms with Gasteiger partial charge in [0.05, 0.1) is 18.1 Å². The van der Waals surface area contributed by atoms with E-state index in [9.17, 15) is 9.18 Å². The van der Waals surface area contributed by atoms with Crippen LogP contribution in [-0.4, -0.2) is 44.0 Å². The molecule has 0 atom stereocenters. The van der Waals surface area contributed by atoms with E-state index in [1.54, 1.807) is 22.6 Å². The summed E-state index contributed by atoms with van der Waals surface area (Å²) in [7, 11) is 0. The highest BCUT2D eigenvalue weighted by Gasteiger charge is 2.14. The summed E-state index contributed by atoms with van der Waals surface area (Å²) in [4.78, 5) is 21.4. The maximum Gasteiger partial charge on any atom is 0.251 e. The van der Waals surface area contributed by atoms with Crippen molar-refractivity contribution in [1.82, 2.24) is 25.1 Å². The molecule has 7 nitrogen and oxygen atoms in total. The largest absolute Gasteiger partial charge is 0.367 e. The van der Waals surface area contributed by atoms with Crippen LogP contribution in [0.15, 0.2) is 35.6 Å². The molecule has 3 aromatic rings. The van der Waals surface area contributed by atoms with Gasteiger partial charge in [-0.05, 0) is 43.9 Å². The second-order valence-electron chi connectivity index (χ2n) is 6.45. The number of anilines is 1. The third-order valence-electron chi connectivity index (χ3n) is 3.89. The van der Waals surface area contributed by atoms with Gasteiger partial charge in [0.2, 0.25) is 0 Å². The Kier molecular flexibility index (Phi) is 6.45. The molecule has 28 heavy (non-hydrogen) atoms.